The minimum Gasteiger partial charge on any atom is -0.478 e. The Morgan fingerprint density at radius 3 is 2.39 bits per heavy atom. The van der Waals surface area contributed by atoms with Crippen LogP contribution in [0.5, 0.6) is 0 Å². The summed E-state index contributed by atoms with van der Waals surface area (Å²) >= 11 is 0. The van der Waals surface area contributed by atoms with Gasteiger partial charge in [0.25, 0.3) is 0 Å². The van der Waals surface area contributed by atoms with Crippen molar-refractivity contribution in [3.63, 3.8) is 0 Å². The van der Waals surface area contributed by atoms with Gasteiger partial charge in [0.15, 0.2) is 0 Å². The number of carboxylic acids is 1. The molecule has 18 heavy (non-hydrogen) atoms. The molecular weight excluding hydrogens is 228 g/mol. The molecule has 92 valence electrons. The van der Waals surface area contributed by atoms with Gasteiger partial charge in [-0.1, -0.05) is 42.5 Å². The Balaban J connectivity index is 2.71. The van der Waals surface area contributed by atoms with Gasteiger partial charge in [0.1, 0.15) is 0 Å². The third kappa shape index (κ3) is 2.13. The van der Waals surface area contributed by atoms with E-state index in [9.17, 15) is 15.0 Å². The largest absolute Gasteiger partial charge is 0.478 e. The first-order valence-electron chi connectivity index (χ1n) is 5.67. The molecule has 0 aliphatic rings. The second-order valence-electron chi connectivity index (χ2n) is 4.12. The van der Waals surface area contributed by atoms with Crippen LogP contribution < -0.4 is 0 Å². The van der Waals surface area contributed by atoms with Gasteiger partial charge in [-0.15, -0.1) is 0 Å². The maximum absolute atomic E-state index is 11.4. The number of aryl methyl sites for hydroxylation is 1. The average Bonchev–Trinajstić information content (AvgIpc) is 2.38. The first-order chi connectivity index (χ1) is 8.65. The summed E-state index contributed by atoms with van der Waals surface area (Å²) in [6, 6.07) is 12.6. The van der Waals surface area contributed by atoms with E-state index in [-0.39, 0.29) is 6.61 Å². The fraction of sp³-hybridized carbons (Fsp3) is 0.133. The number of hydrogen-bond donors (Lipinski definition) is 2. The van der Waals surface area contributed by atoms with Crippen LogP contribution in [0, 0.1) is 6.92 Å². The number of aliphatic hydroxyl groups excluding tert-OH is 1. The molecule has 0 radical (unpaired) electrons. The van der Waals surface area contributed by atoms with Crippen molar-refractivity contribution in [1.29, 1.82) is 0 Å². The molecular formula is C15H14O3. The minimum absolute atomic E-state index is 0.108. The summed E-state index contributed by atoms with van der Waals surface area (Å²) in [4.78, 5) is 11.4. The van der Waals surface area contributed by atoms with Crippen molar-refractivity contribution in [2.24, 2.45) is 0 Å². The van der Waals surface area contributed by atoms with E-state index < -0.39 is 5.97 Å². The van der Waals surface area contributed by atoms with Gasteiger partial charge in [-0.2, -0.15) is 0 Å². The number of aliphatic hydroxyl groups is 1. The normalized spacial score (nSPS) is 10.3. The van der Waals surface area contributed by atoms with Crippen LogP contribution in [0.15, 0.2) is 42.5 Å². The molecule has 3 heteroatoms. The van der Waals surface area contributed by atoms with Crippen molar-refractivity contribution in [3.05, 3.63) is 59.2 Å². The summed E-state index contributed by atoms with van der Waals surface area (Å²) < 4.78 is 0. The fourth-order valence-electron chi connectivity index (χ4n) is 2.10. The van der Waals surface area contributed by atoms with Gasteiger partial charge in [-0.25, -0.2) is 4.79 Å². The highest BCUT2D eigenvalue weighted by molar-refractivity contribution is 5.98. The standard InChI is InChI=1S/C15H14O3/c1-10-5-4-8-13(14(10)15(17)18)12-7-3-2-6-11(12)9-16/h2-8,16H,9H2,1H3,(H,17,18). The molecule has 0 amide bonds. The van der Waals surface area contributed by atoms with Crippen molar-refractivity contribution < 1.29 is 15.0 Å². The first kappa shape index (κ1) is 12.3. The van der Waals surface area contributed by atoms with Gasteiger partial charge < -0.3 is 10.2 Å². The first-order valence-corrected chi connectivity index (χ1v) is 5.67. The van der Waals surface area contributed by atoms with Crippen molar-refractivity contribution in [1.82, 2.24) is 0 Å². The van der Waals surface area contributed by atoms with Crippen molar-refractivity contribution >= 4 is 5.97 Å². The molecule has 2 N–H and O–H groups in total. The molecule has 0 aliphatic carbocycles. The Kier molecular flexibility index (Phi) is 3.44. The molecule has 2 rings (SSSR count). The van der Waals surface area contributed by atoms with E-state index >= 15 is 0 Å². The van der Waals surface area contributed by atoms with Gasteiger partial charge in [0, 0.05) is 0 Å². The predicted octanol–water partition coefficient (Wildman–Crippen LogP) is 2.85. The third-order valence-electron chi connectivity index (χ3n) is 2.96. The highest BCUT2D eigenvalue weighted by atomic mass is 16.4. The molecule has 0 aromatic heterocycles. The smallest absolute Gasteiger partial charge is 0.336 e. The quantitative estimate of drug-likeness (QED) is 0.870. The summed E-state index contributed by atoms with van der Waals surface area (Å²) in [5.41, 5.74) is 3.14. The van der Waals surface area contributed by atoms with Crippen LogP contribution in [0.3, 0.4) is 0 Å². The molecule has 0 saturated carbocycles. The predicted molar refractivity (Wildman–Crippen MR) is 69.5 cm³/mol. The SMILES string of the molecule is Cc1cccc(-c2ccccc2CO)c1C(=O)O. The van der Waals surface area contributed by atoms with E-state index in [2.05, 4.69) is 0 Å². The van der Waals surface area contributed by atoms with Crippen LogP contribution in [0.1, 0.15) is 21.5 Å². The van der Waals surface area contributed by atoms with Gasteiger partial charge in [0.05, 0.1) is 12.2 Å². The van der Waals surface area contributed by atoms with Crippen molar-refractivity contribution in [2.75, 3.05) is 0 Å². The van der Waals surface area contributed by atoms with Crippen molar-refractivity contribution in [3.8, 4) is 11.1 Å². The van der Waals surface area contributed by atoms with E-state index in [1.165, 1.54) is 0 Å². The lowest BCUT2D eigenvalue weighted by molar-refractivity contribution is 0.0697. The summed E-state index contributed by atoms with van der Waals surface area (Å²) in [7, 11) is 0. The molecule has 0 spiro atoms. The zero-order valence-corrected chi connectivity index (χ0v) is 10.1. The lowest BCUT2D eigenvalue weighted by Gasteiger charge is -2.12. The number of carboxylic acid groups (broad SMARTS) is 1. The van der Waals surface area contributed by atoms with Gasteiger partial charge >= 0.3 is 5.97 Å². The molecule has 2 aromatic carbocycles. The number of rotatable bonds is 3. The van der Waals surface area contributed by atoms with Crippen LogP contribution in [0.4, 0.5) is 0 Å². The van der Waals surface area contributed by atoms with Crippen LogP contribution in [-0.2, 0) is 6.61 Å². The Labute approximate surface area is 105 Å². The molecule has 0 heterocycles. The van der Waals surface area contributed by atoms with E-state index in [0.717, 1.165) is 11.1 Å². The summed E-state index contributed by atoms with van der Waals surface area (Å²) in [5, 5.41) is 18.6. The highest BCUT2D eigenvalue weighted by Gasteiger charge is 2.15. The molecule has 0 bridgehead atoms. The van der Waals surface area contributed by atoms with E-state index in [1.807, 2.05) is 24.3 Å². The minimum atomic E-state index is -0.948. The lowest BCUT2D eigenvalue weighted by Crippen LogP contribution is -2.03. The number of aromatic carboxylic acids is 1. The molecule has 0 fully saturated rings. The van der Waals surface area contributed by atoms with E-state index in [4.69, 9.17) is 0 Å². The molecule has 2 aromatic rings. The van der Waals surface area contributed by atoms with Gasteiger partial charge in [-0.3, -0.25) is 0 Å². The Morgan fingerprint density at radius 2 is 1.72 bits per heavy atom. The van der Waals surface area contributed by atoms with E-state index in [0.29, 0.717) is 16.7 Å². The zero-order chi connectivity index (χ0) is 13.1. The second kappa shape index (κ2) is 5.02. The number of benzene rings is 2. The third-order valence-corrected chi connectivity index (χ3v) is 2.96. The van der Waals surface area contributed by atoms with Crippen LogP contribution in [0.25, 0.3) is 11.1 Å². The fourth-order valence-corrected chi connectivity index (χ4v) is 2.10. The van der Waals surface area contributed by atoms with E-state index in [1.54, 1.807) is 25.1 Å². The Bertz CT molecular complexity index is 588. The second-order valence-corrected chi connectivity index (χ2v) is 4.12. The zero-order valence-electron chi connectivity index (χ0n) is 10.1. The topological polar surface area (TPSA) is 57.5 Å². The summed E-state index contributed by atoms with van der Waals surface area (Å²) in [6.45, 7) is 1.66. The maximum Gasteiger partial charge on any atom is 0.336 e. The summed E-state index contributed by atoms with van der Waals surface area (Å²) in [6.07, 6.45) is 0. The highest BCUT2D eigenvalue weighted by Crippen LogP contribution is 2.29. The van der Waals surface area contributed by atoms with Crippen LogP contribution in [0.2, 0.25) is 0 Å². The van der Waals surface area contributed by atoms with Crippen LogP contribution >= 0.6 is 0 Å². The van der Waals surface area contributed by atoms with Crippen molar-refractivity contribution in [2.45, 2.75) is 13.5 Å². The molecule has 0 unspecified atom stereocenters. The maximum atomic E-state index is 11.4. The van der Waals surface area contributed by atoms with Gasteiger partial charge in [-0.05, 0) is 29.2 Å². The molecule has 0 saturated heterocycles. The summed E-state index contributed by atoms with van der Waals surface area (Å²) in [5.74, 6) is -0.948. The lowest BCUT2D eigenvalue weighted by atomic mass is 9.93. The average molecular weight is 242 g/mol. The monoisotopic (exact) mass is 242 g/mol. The molecule has 3 nitrogen and oxygen atoms in total. The Hall–Kier alpha value is -2.13. The molecule has 0 aliphatic heterocycles. The number of hydrogen-bond acceptors (Lipinski definition) is 2. The number of carbonyl (C=O) groups is 1. The Morgan fingerprint density at radius 1 is 1.06 bits per heavy atom. The van der Waals surface area contributed by atoms with Crippen LogP contribution in [-0.4, -0.2) is 16.2 Å². The molecule has 0 atom stereocenters. The van der Waals surface area contributed by atoms with Gasteiger partial charge in [0.2, 0.25) is 0 Å².